The lowest BCUT2D eigenvalue weighted by atomic mass is 9.96. The predicted octanol–water partition coefficient (Wildman–Crippen LogP) is 4.15. The van der Waals surface area contributed by atoms with Crippen molar-refractivity contribution >= 4 is 5.91 Å². The van der Waals surface area contributed by atoms with E-state index in [9.17, 15) is 61.0 Å². The molecule has 3 saturated heterocycles. The maximum atomic E-state index is 13.2. The van der Waals surface area contributed by atoms with Crippen molar-refractivity contribution in [2.75, 3.05) is 26.4 Å². The van der Waals surface area contributed by atoms with Gasteiger partial charge in [0.15, 0.2) is 18.9 Å². The maximum Gasteiger partial charge on any atom is 0.220 e. The number of hydrogen-bond donors (Lipinski definition) is 12. The molecule has 19 nitrogen and oxygen atoms in total. The van der Waals surface area contributed by atoms with Crippen LogP contribution in [0.3, 0.4) is 0 Å². The summed E-state index contributed by atoms with van der Waals surface area (Å²) < 4.78 is 34.1. The summed E-state index contributed by atoms with van der Waals surface area (Å²) in [6.07, 6.45) is 14.3. The van der Waals surface area contributed by atoms with E-state index >= 15 is 0 Å². The van der Waals surface area contributed by atoms with Gasteiger partial charge in [-0.05, 0) is 44.9 Å². The molecule has 17 atom stereocenters. The first-order valence-electron chi connectivity index (χ1n) is 28.7. The van der Waals surface area contributed by atoms with Crippen molar-refractivity contribution in [3.63, 3.8) is 0 Å². The second kappa shape index (κ2) is 40.2. The second-order valence-electron chi connectivity index (χ2n) is 20.7. The predicted molar refractivity (Wildman–Crippen MR) is 282 cm³/mol. The molecule has 0 aromatic heterocycles. The van der Waals surface area contributed by atoms with Gasteiger partial charge >= 0.3 is 0 Å². The van der Waals surface area contributed by atoms with Crippen LogP contribution in [-0.4, -0.2) is 193 Å². The Morgan fingerprint density at radius 1 is 0.467 bits per heavy atom. The Hall–Kier alpha value is -1.99. The Morgan fingerprint density at radius 2 is 0.853 bits per heavy atom. The minimum Gasteiger partial charge on any atom is -0.394 e. The molecule has 438 valence electrons. The van der Waals surface area contributed by atoms with E-state index in [0.717, 1.165) is 44.9 Å². The van der Waals surface area contributed by atoms with E-state index in [1.54, 1.807) is 6.08 Å². The summed E-state index contributed by atoms with van der Waals surface area (Å²) in [5.74, 6) is -0.293. The Kier molecular flexibility index (Phi) is 36.1. The highest BCUT2D eigenvalue weighted by molar-refractivity contribution is 5.76. The van der Waals surface area contributed by atoms with E-state index in [1.165, 1.54) is 103 Å². The normalized spacial score (nSPS) is 31.5. The van der Waals surface area contributed by atoms with Gasteiger partial charge in [-0.3, -0.25) is 4.79 Å². The van der Waals surface area contributed by atoms with Crippen LogP contribution < -0.4 is 5.32 Å². The summed E-state index contributed by atoms with van der Waals surface area (Å²) in [5, 5.41) is 120. The zero-order chi connectivity index (χ0) is 54.8. The average Bonchev–Trinajstić information content (AvgIpc) is 3.41. The van der Waals surface area contributed by atoms with E-state index in [2.05, 4.69) is 43.5 Å². The van der Waals surface area contributed by atoms with Crippen molar-refractivity contribution in [3.05, 3.63) is 36.5 Å². The Balaban J connectivity index is 1.53. The van der Waals surface area contributed by atoms with Gasteiger partial charge in [0.05, 0.1) is 38.6 Å². The molecule has 3 heterocycles. The largest absolute Gasteiger partial charge is 0.394 e. The van der Waals surface area contributed by atoms with Crippen LogP contribution in [0.15, 0.2) is 36.5 Å². The number of carbonyl (C=O) groups excluding carboxylic acids is 1. The molecule has 0 aromatic rings. The molecule has 0 spiro atoms. The lowest BCUT2D eigenvalue weighted by molar-refractivity contribution is -0.379. The third-order valence-corrected chi connectivity index (χ3v) is 14.4. The van der Waals surface area contributed by atoms with E-state index in [4.69, 9.17) is 28.4 Å². The van der Waals surface area contributed by atoms with Crippen LogP contribution in [0.2, 0.25) is 0 Å². The Morgan fingerprint density at radius 3 is 1.33 bits per heavy atom. The minimum atomic E-state index is -1.98. The van der Waals surface area contributed by atoms with E-state index in [1.807, 2.05) is 6.08 Å². The van der Waals surface area contributed by atoms with Gasteiger partial charge in [0.25, 0.3) is 0 Å². The first kappa shape index (κ1) is 67.3. The minimum absolute atomic E-state index is 0.233. The molecular formula is C56H101NO18. The van der Waals surface area contributed by atoms with E-state index in [0.29, 0.717) is 12.8 Å². The summed E-state index contributed by atoms with van der Waals surface area (Å²) in [4.78, 5) is 13.2. The molecule has 3 aliphatic rings. The van der Waals surface area contributed by atoms with Crippen molar-refractivity contribution in [3.8, 4) is 0 Å². The van der Waals surface area contributed by atoms with Gasteiger partial charge in [0.2, 0.25) is 5.91 Å². The van der Waals surface area contributed by atoms with Crippen LogP contribution >= 0.6 is 0 Å². The molecule has 75 heavy (non-hydrogen) atoms. The number of nitrogens with one attached hydrogen (secondary N) is 1. The summed E-state index contributed by atoms with van der Waals surface area (Å²) in [6, 6.07) is -0.991. The Labute approximate surface area is 447 Å². The molecule has 1 amide bonds. The molecule has 0 bridgehead atoms. The number of amides is 1. The fraction of sp³-hybridized carbons (Fsp3) is 0.875. The molecule has 17 unspecified atom stereocenters. The van der Waals surface area contributed by atoms with Crippen molar-refractivity contribution in [2.45, 2.75) is 285 Å². The van der Waals surface area contributed by atoms with Crippen molar-refractivity contribution in [1.82, 2.24) is 5.32 Å². The fourth-order valence-electron chi connectivity index (χ4n) is 9.63. The van der Waals surface area contributed by atoms with Crippen LogP contribution in [0.25, 0.3) is 0 Å². The molecule has 12 N–H and O–H groups in total. The van der Waals surface area contributed by atoms with Crippen molar-refractivity contribution in [1.29, 1.82) is 0 Å². The number of allylic oxidation sites excluding steroid dienone is 5. The van der Waals surface area contributed by atoms with Gasteiger partial charge in [-0.15, -0.1) is 0 Å². The fourth-order valence-corrected chi connectivity index (χ4v) is 9.63. The van der Waals surface area contributed by atoms with Crippen molar-refractivity contribution in [2.24, 2.45) is 0 Å². The number of rotatable bonds is 41. The van der Waals surface area contributed by atoms with Crippen LogP contribution in [0.1, 0.15) is 181 Å². The first-order valence-corrected chi connectivity index (χ1v) is 28.7. The standard InChI is InChI=1S/C56H101NO18/c1-3-5-7-9-11-13-15-16-17-18-19-20-21-22-23-24-25-27-29-31-33-40(61)39(57-44(62)34-32-30-28-26-14-12-10-8-6-4-2)38-70-54-50(68)47(65)52(42(36-59)72-54)75-56-51(69)48(66)53(43(37-60)73-56)74-55-49(67)46(64)45(63)41(35-58)71-55/h20-21,24-25,31,33,39-43,45-56,58-61,63-69H,3-19,22-23,26-30,32,34-38H2,1-2H3,(H,57,62)/b21-20+,25-24+,33-31+. The third kappa shape index (κ3) is 24.9. The maximum absolute atomic E-state index is 13.2. The topological polar surface area (TPSA) is 307 Å². The molecule has 3 rings (SSSR count). The second-order valence-corrected chi connectivity index (χ2v) is 20.7. The van der Waals surface area contributed by atoms with Crippen LogP contribution in [0.5, 0.6) is 0 Å². The molecule has 3 aliphatic heterocycles. The van der Waals surface area contributed by atoms with Crippen molar-refractivity contribution < 1.29 is 89.4 Å². The number of aliphatic hydroxyl groups excluding tert-OH is 11. The molecule has 3 fully saturated rings. The van der Waals surface area contributed by atoms with Crippen LogP contribution in [0, 0.1) is 0 Å². The SMILES string of the molecule is CCCCCCCCCCCC/C=C/CC/C=C/CC/C=C/C(O)C(COC1OC(CO)C(OC2OC(CO)C(OC3OC(CO)C(O)C(O)C3O)C(O)C2O)C(O)C1O)NC(=O)CCCCCCCCCCCC. The molecule has 19 heteroatoms. The van der Waals surface area contributed by atoms with Gasteiger partial charge < -0.3 is 89.9 Å². The van der Waals surface area contributed by atoms with E-state index < -0.39 is 124 Å². The number of unbranched alkanes of at least 4 members (excludes halogenated alkanes) is 21. The zero-order valence-electron chi connectivity index (χ0n) is 45.3. The highest BCUT2D eigenvalue weighted by Gasteiger charge is 2.53. The summed E-state index contributed by atoms with van der Waals surface area (Å²) in [7, 11) is 0. The van der Waals surface area contributed by atoms with Gasteiger partial charge in [0.1, 0.15) is 73.2 Å². The highest BCUT2D eigenvalue weighted by atomic mass is 16.8. The first-order chi connectivity index (χ1) is 36.3. The summed E-state index contributed by atoms with van der Waals surface area (Å²) in [6.45, 7) is 1.65. The smallest absolute Gasteiger partial charge is 0.220 e. The monoisotopic (exact) mass is 1080 g/mol. The lowest BCUT2D eigenvalue weighted by Crippen LogP contribution is -2.66. The van der Waals surface area contributed by atoms with Gasteiger partial charge in [-0.25, -0.2) is 0 Å². The lowest BCUT2D eigenvalue weighted by Gasteiger charge is -2.48. The molecule has 0 radical (unpaired) electrons. The number of ether oxygens (including phenoxy) is 6. The molecule has 0 aliphatic carbocycles. The Bertz CT molecular complexity index is 1520. The molecule has 0 saturated carbocycles. The van der Waals surface area contributed by atoms with Gasteiger partial charge in [0, 0.05) is 6.42 Å². The van der Waals surface area contributed by atoms with Crippen LogP contribution in [-0.2, 0) is 33.2 Å². The number of hydrogen-bond acceptors (Lipinski definition) is 18. The number of carbonyl (C=O) groups is 1. The molecular weight excluding hydrogens is 975 g/mol. The van der Waals surface area contributed by atoms with Gasteiger partial charge in [-0.1, -0.05) is 166 Å². The van der Waals surface area contributed by atoms with E-state index in [-0.39, 0.29) is 18.9 Å². The summed E-state index contributed by atoms with van der Waals surface area (Å²) in [5.41, 5.74) is 0. The zero-order valence-corrected chi connectivity index (χ0v) is 45.3. The van der Waals surface area contributed by atoms with Gasteiger partial charge in [-0.2, -0.15) is 0 Å². The quantitative estimate of drug-likeness (QED) is 0.0302. The summed E-state index contributed by atoms with van der Waals surface area (Å²) >= 11 is 0. The molecule has 0 aromatic carbocycles. The van der Waals surface area contributed by atoms with Crippen LogP contribution in [0.4, 0.5) is 0 Å². The third-order valence-electron chi connectivity index (χ3n) is 14.4. The average molecular weight is 1080 g/mol. The number of aliphatic hydroxyl groups is 11. The highest BCUT2D eigenvalue weighted by Crippen LogP contribution is 2.33.